The van der Waals surface area contributed by atoms with Gasteiger partial charge in [-0.25, -0.2) is 0 Å². The van der Waals surface area contributed by atoms with Crippen molar-refractivity contribution >= 4 is 0 Å². The summed E-state index contributed by atoms with van der Waals surface area (Å²) < 4.78 is 0. The highest BCUT2D eigenvalue weighted by atomic mass is 15.1. The van der Waals surface area contributed by atoms with Crippen LogP contribution in [0.4, 0.5) is 0 Å². The molecular formula is C13H23N. The van der Waals surface area contributed by atoms with E-state index in [1.54, 1.807) is 0 Å². The maximum atomic E-state index is 4.13. The third-order valence-electron chi connectivity index (χ3n) is 3.01. The van der Waals surface area contributed by atoms with E-state index in [1.807, 2.05) is 0 Å². The summed E-state index contributed by atoms with van der Waals surface area (Å²) in [6.07, 6.45) is 4.09. The zero-order valence-corrected chi connectivity index (χ0v) is 9.68. The van der Waals surface area contributed by atoms with Gasteiger partial charge in [0.05, 0.1) is 0 Å². The van der Waals surface area contributed by atoms with Gasteiger partial charge in [0.15, 0.2) is 0 Å². The first kappa shape index (κ1) is 11.5. The van der Waals surface area contributed by atoms with Crippen LogP contribution in [0.1, 0.15) is 33.1 Å². The number of likely N-dealkylation sites (tertiary alicyclic amines) is 1. The molecule has 0 radical (unpaired) electrons. The van der Waals surface area contributed by atoms with Crippen LogP contribution in [0, 0.1) is 5.92 Å². The Morgan fingerprint density at radius 2 is 1.71 bits per heavy atom. The first-order valence-electron chi connectivity index (χ1n) is 5.70. The van der Waals surface area contributed by atoms with Gasteiger partial charge in [0.1, 0.15) is 0 Å². The summed E-state index contributed by atoms with van der Waals surface area (Å²) >= 11 is 0. The third-order valence-corrected chi connectivity index (χ3v) is 3.01. The molecule has 14 heavy (non-hydrogen) atoms. The molecule has 1 saturated heterocycles. The summed E-state index contributed by atoms with van der Waals surface area (Å²) in [5, 5.41) is 0. The second-order valence-electron chi connectivity index (χ2n) is 4.62. The van der Waals surface area contributed by atoms with Crippen molar-refractivity contribution in [3.05, 3.63) is 24.3 Å². The highest BCUT2D eigenvalue weighted by Gasteiger charge is 2.13. The lowest BCUT2D eigenvalue weighted by Crippen LogP contribution is -2.31. The van der Waals surface area contributed by atoms with Gasteiger partial charge in [0.2, 0.25) is 0 Å². The van der Waals surface area contributed by atoms with Crippen LogP contribution in [0.3, 0.4) is 0 Å². The van der Waals surface area contributed by atoms with Gasteiger partial charge in [-0.2, -0.15) is 0 Å². The summed E-state index contributed by atoms with van der Waals surface area (Å²) in [5.74, 6) is 0.535. The maximum absolute atomic E-state index is 4.13. The molecular weight excluding hydrogens is 170 g/mol. The molecule has 1 fully saturated rings. The number of hydrogen-bond donors (Lipinski definition) is 0. The van der Waals surface area contributed by atoms with Crippen LogP contribution in [0.5, 0.6) is 0 Å². The Bertz CT molecular complexity index is 209. The molecule has 0 saturated carbocycles. The maximum Gasteiger partial charge on any atom is 0.0230 e. The van der Waals surface area contributed by atoms with E-state index in [9.17, 15) is 0 Å². The van der Waals surface area contributed by atoms with Crippen molar-refractivity contribution in [2.24, 2.45) is 5.92 Å². The number of rotatable bonds is 4. The van der Waals surface area contributed by atoms with Crippen molar-refractivity contribution < 1.29 is 0 Å². The van der Waals surface area contributed by atoms with Crippen LogP contribution in [-0.4, -0.2) is 24.5 Å². The molecule has 0 unspecified atom stereocenters. The third kappa shape index (κ3) is 3.30. The van der Waals surface area contributed by atoms with Crippen molar-refractivity contribution in [1.82, 2.24) is 4.90 Å². The standard InChI is InChI=1S/C13H23N/c1-11(2)13(4)12(3)10-14-8-6-5-7-9-14/h11H,3-10H2,1-2H3. The van der Waals surface area contributed by atoms with Crippen LogP contribution in [0.25, 0.3) is 0 Å². The van der Waals surface area contributed by atoms with E-state index in [1.165, 1.54) is 43.5 Å². The SMILES string of the molecule is C=C(CN1CCCCC1)C(=C)C(C)C. The van der Waals surface area contributed by atoms with Crippen LogP contribution in [0.15, 0.2) is 24.3 Å². The second-order valence-corrected chi connectivity index (χ2v) is 4.62. The van der Waals surface area contributed by atoms with Crippen molar-refractivity contribution in [3.8, 4) is 0 Å². The van der Waals surface area contributed by atoms with Crippen LogP contribution >= 0.6 is 0 Å². The monoisotopic (exact) mass is 193 g/mol. The van der Waals surface area contributed by atoms with E-state index in [0.717, 1.165) is 6.54 Å². The fourth-order valence-corrected chi connectivity index (χ4v) is 1.90. The van der Waals surface area contributed by atoms with E-state index in [0.29, 0.717) is 5.92 Å². The molecule has 0 aromatic carbocycles. The van der Waals surface area contributed by atoms with Gasteiger partial charge in [-0.15, -0.1) is 0 Å². The van der Waals surface area contributed by atoms with Crippen LogP contribution < -0.4 is 0 Å². The molecule has 0 aromatic heterocycles. The quantitative estimate of drug-likeness (QED) is 0.620. The molecule has 0 N–H and O–H groups in total. The van der Waals surface area contributed by atoms with Crippen molar-refractivity contribution in [2.45, 2.75) is 33.1 Å². The summed E-state index contributed by atoms with van der Waals surface area (Å²) in [6, 6.07) is 0. The van der Waals surface area contributed by atoms with Gasteiger partial charge < -0.3 is 0 Å². The van der Waals surface area contributed by atoms with Crippen LogP contribution in [0.2, 0.25) is 0 Å². The fourth-order valence-electron chi connectivity index (χ4n) is 1.90. The summed E-state index contributed by atoms with van der Waals surface area (Å²) in [4.78, 5) is 2.50. The van der Waals surface area contributed by atoms with Gasteiger partial charge >= 0.3 is 0 Å². The predicted molar refractivity (Wildman–Crippen MR) is 63.4 cm³/mol. The fraction of sp³-hybridized carbons (Fsp3) is 0.692. The summed E-state index contributed by atoms with van der Waals surface area (Å²) in [6.45, 7) is 16.1. The molecule has 0 bridgehead atoms. The highest BCUT2D eigenvalue weighted by molar-refractivity contribution is 5.28. The molecule has 1 heterocycles. The topological polar surface area (TPSA) is 3.24 Å². The normalized spacial score (nSPS) is 18.5. The Labute approximate surface area is 88.5 Å². The largest absolute Gasteiger partial charge is 0.299 e. The lowest BCUT2D eigenvalue weighted by Gasteiger charge is -2.28. The minimum atomic E-state index is 0.535. The molecule has 0 aliphatic carbocycles. The first-order chi connectivity index (χ1) is 6.61. The average molecular weight is 193 g/mol. The number of piperidine rings is 1. The van der Waals surface area contributed by atoms with Crippen molar-refractivity contribution in [3.63, 3.8) is 0 Å². The molecule has 1 heteroatoms. The molecule has 1 aliphatic heterocycles. The summed E-state index contributed by atoms with van der Waals surface area (Å²) in [7, 11) is 0. The predicted octanol–water partition coefficient (Wildman–Crippen LogP) is 3.24. The number of nitrogens with zero attached hydrogens (tertiary/aromatic N) is 1. The smallest absolute Gasteiger partial charge is 0.0230 e. The van der Waals surface area contributed by atoms with Crippen LogP contribution in [-0.2, 0) is 0 Å². The van der Waals surface area contributed by atoms with Gasteiger partial charge in [0.25, 0.3) is 0 Å². The van der Waals surface area contributed by atoms with Crippen molar-refractivity contribution in [2.75, 3.05) is 19.6 Å². The molecule has 0 amide bonds. The minimum absolute atomic E-state index is 0.535. The summed E-state index contributed by atoms with van der Waals surface area (Å²) in [5.41, 5.74) is 2.44. The zero-order chi connectivity index (χ0) is 10.6. The van der Waals surface area contributed by atoms with Gasteiger partial charge in [-0.05, 0) is 43.0 Å². The average Bonchev–Trinajstić information content (AvgIpc) is 2.18. The van der Waals surface area contributed by atoms with E-state index in [4.69, 9.17) is 0 Å². The Morgan fingerprint density at radius 1 is 1.14 bits per heavy atom. The molecule has 0 atom stereocenters. The molecule has 0 spiro atoms. The van der Waals surface area contributed by atoms with E-state index in [-0.39, 0.29) is 0 Å². The molecule has 1 aliphatic rings. The lowest BCUT2D eigenvalue weighted by atomic mass is 9.97. The zero-order valence-electron chi connectivity index (χ0n) is 9.68. The van der Waals surface area contributed by atoms with Gasteiger partial charge in [0, 0.05) is 6.54 Å². The van der Waals surface area contributed by atoms with E-state index < -0.39 is 0 Å². The van der Waals surface area contributed by atoms with E-state index in [2.05, 4.69) is 31.9 Å². The Morgan fingerprint density at radius 3 is 2.21 bits per heavy atom. The molecule has 0 aromatic rings. The minimum Gasteiger partial charge on any atom is -0.299 e. The molecule has 80 valence electrons. The first-order valence-corrected chi connectivity index (χ1v) is 5.70. The lowest BCUT2D eigenvalue weighted by molar-refractivity contribution is 0.247. The second kappa shape index (κ2) is 5.35. The molecule has 1 rings (SSSR count). The Balaban J connectivity index is 2.35. The van der Waals surface area contributed by atoms with Crippen molar-refractivity contribution in [1.29, 1.82) is 0 Å². The number of hydrogen-bond acceptors (Lipinski definition) is 1. The van der Waals surface area contributed by atoms with E-state index >= 15 is 0 Å². The Kier molecular flexibility index (Phi) is 4.40. The van der Waals surface area contributed by atoms with Gasteiger partial charge in [-0.3, -0.25) is 4.90 Å². The van der Waals surface area contributed by atoms with Gasteiger partial charge in [-0.1, -0.05) is 33.4 Å². The highest BCUT2D eigenvalue weighted by Crippen LogP contribution is 2.18. The Hall–Kier alpha value is -0.560. The molecule has 1 nitrogen and oxygen atoms in total.